The number of hydrogen-bond donors (Lipinski definition) is 1. The van der Waals surface area contributed by atoms with Crippen LogP contribution >= 0.6 is 24.0 Å². The summed E-state index contributed by atoms with van der Waals surface area (Å²) in [5.74, 6) is 0.619. The minimum absolute atomic E-state index is 0. The van der Waals surface area contributed by atoms with Crippen molar-refractivity contribution in [2.24, 2.45) is 11.7 Å². The van der Waals surface area contributed by atoms with Crippen LogP contribution in [0.25, 0.3) is 0 Å². The molecule has 0 saturated heterocycles. The van der Waals surface area contributed by atoms with E-state index in [-0.39, 0.29) is 18.4 Å². The second-order valence-electron chi connectivity index (χ2n) is 3.79. The van der Waals surface area contributed by atoms with Crippen molar-refractivity contribution in [3.8, 4) is 0 Å². The zero-order valence-corrected chi connectivity index (χ0v) is 10.1. The molecule has 0 bridgehead atoms. The van der Waals surface area contributed by atoms with Crippen molar-refractivity contribution in [1.29, 1.82) is 0 Å². The Kier molecular flexibility index (Phi) is 6.17. The lowest BCUT2D eigenvalue weighted by Gasteiger charge is -2.14. The monoisotopic (exact) mass is 233 g/mol. The molecule has 14 heavy (non-hydrogen) atoms. The van der Waals surface area contributed by atoms with E-state index >= 15 is 0 Å². The molecule has 0 radical (unpaired) electrons. The summed E-state index contributed by atoms with van der Waals surface area (Å²) in [5.41, 5.74) is 7.13. The molecule has 1 rings (SSSR count). The summed E-state index contributed by atoms with van der Waals surface area (Å²) in [6.07, 6.45) is 1.00. The number of halogens is 2. The van der Waals surface area contributed by atoms with Crippen molar-refractivity contribution in [1.82, 2.24) is 0 Å². The van der Waals surface area contributed by atoms with Crippen LogP contribution in [0.15, 0.2) is 24.3 Å². The Balaban J connectivity index is 0.00000169. The van der Waals surface area contributed by atoms with Gasteiger partial charge in [-0.05, 0) is 30.0 Å². The highest BCUT2D eigenvalue weighted by Gasteiger charge is 2.07. The molecule has 0 spiro atoms. The van der Waals surface area contributed by atoms with E-state index in [4.69, 9.17) is 17.3 Å². The van der Waals surface area contributed by atoms with Crippen molar-refractivity contribution in [3.63, 3.8) is 0 Å². The van der Waals surface area contributed by atoms with Crippen LogP contribution in [0.3, 0.4) is 0 Å². The summed E-state index contributed by atoms with van der Waals surface area (Å²) in [5, 5.41) is 0.761. The molecule has 3 heteroatoms. The first kappa shape index (κ1) is 13.8. The van der Waals surface area contributed by atoms with E-state index in [2.05, 4.69) is 13.8 Å². The second kappa shape index (κ2) is 6.28. The molecule has 0 heterocycles. The average molecular weight is 234 g/mol. The maximum Gasteiger partial charge on any atom is 0.0409 e. The van der Waals surface area contributed by atoms with Crippen molar-refractivity contribution in [2.45, 2.75) is 26.3 Å². The molecule has 0 aliphatic rings. The first-order valence-corrected chi connectivity index (χ1v) is 4.98. The number of hydrogen-bond acceptors (Lipinski definition) is 1. The molecule has 0 aliphatic heterocycles. The molecule has 80 valence electrons. The van der Waals surface area contributed by atoms with Crippen LogP contribution in [-0.2, 0) is 0 Å². The van der Waals surface area contributed by atoms with Gasteiger partial charge in [-0.3, -0.25) is 0 Å². The van der Waals surface area contributed by atoms with Crippen LogP contribution in [0.1, 0.15) is 31.9 Å². The van der Waals surface area contributed by atoms with Gasteiger partial charge < -0.3 is 5.73 Å². The van der Waals surface area contributed by atoms with E-state index < -0.39 is 0 Å². The molecule has 0 amide bonds. The van der Waals surface area contributed by atoms with Gasteiger partial charge in [-0.2, -0.15) is 0 Å². The van der Waals surface area contributed by atoms with Gasteiger partial charge in [0, 0.05) is 11.1 Å². The summed E-state index contributed by atoms with van der Waals surface area (Å²) in [7, 11) is 0. The van der Waals surface area contributed by atoms with Crippen LogP contribution in [0.4, 0.5) is 0 Å². The number of rotatable bonds is 3. The van der Waals surface area contributed by atoms with E-state index in [1.807, 2.05) is 24.3 Å². The van der Waals surface area contributed by atoms with Gasteiger partial charge in [0.15, 0.2) is 0 Å². The molecule has 2 N–H and O–H groups in total. The first-order valence-electron chi connectivity index (χ1n) is 4.60. The molecule has 0 fully saturated rings. The summed E-state index contributed by atoms with van der Waals surface area (Å²) < 4.78 is 0. The Morgan fingerprint density at radius 3 is 2.50 bits per heavy atom. The third-order valence-electron chi connectivity index (χ3n) is 2.00. The molecule has 0 aromatic heterocycles. The molecule has 0 aliphatic carbocycles. The van der Waals surface area contributed by atoms with Gasteiger partial charge in [-0.1, -0.05) is 37.6 Å². The van der Waals surface area contributed by atoms with Gasteiger partial charge in [0.1, 0.15) is 0 Å². The predicted molar refractivity (Wildman–Crippen MR) is 65.1 cm³/mol. The highest BCUT2D eigenvalue weighted by atomic mass is 35.5. The third-order valence-corrected chi connectivity index (χ3v) is 2.24. The summed E-state index contributed by atoms with van der Waals surface area (Å²) in [6, 6.07) is 7.89. The van der Waals surface area contributed by atoms with E-state index in [0.717, 1.165) is 17.0 Å². The van der Waals surface area contributed by atoms with Crippen LogP contribution in [-0.4, -0.2) is 0 Å². The molecule has 0 saturated carbocycles. The summed E-state index contributed by atoms with van der Waals surface area (Å²) in [6.45, 7) is 4.34. The lowest BCUT2D eigenvalue weighted by atomic mass is 9.98. The molecule has 1 nitrogen and oxygen atoms in total. The fraction of sp³-hybridized carbons (Fsp3) is 0.455. The van der Waals surface area contributed by atoms with Gasteiger partial charge in [-0.25, -0.2) is 0 Å². The van der Waals surface area contributed by atoms with E-state index in [0.29, 0.717) is 5.92 Å². The molecule has 0 unspecified atom stereocenters. The predicted octanol–water partition coefficient (Wildman–Crippen LogP) is 3.81. The van der Waals surface area contributed by atoms with Crippen molar-refractivity contribution in [3.05, 3.63) is 34.9 Å². The molecular weight excluding hydrogens is 217 g/mol. The Bertz CT molecular complexity index is 274. The van der Waals surface area contributed by atoms with Crippen molar-refractivity contribution in [2.75, 3.05) is 0 Å². The Labute approximate surface area is 97.1 Å². The standard InChI is InChI=1S/C11H16ClN.ClH/c1-8(2)6-11(13)9-4-3-5-10(12)7-9;/h3-5,7-8,11H,6,13H2,1-2H3;1H/t11-;/m0./s1. The fourth-order valence-electron chi connectivity index (χ4n) is 1.38. The lowest BCUT2D eigenvalue weighted by molar-refractivity contribution is 0.510. The quantitative estimate of drug-likeness (QED) is 0.845. The Morgan fingerprint density at radius 2 is 2.00 bits per heavy atom. The van der Waals surface area contributed by atoms with Crippen LogP contribution in [0.5, 0.6) is 0 Å². The summed E-state index contributed by atoms with van der Waals surface area (Å²) >= 11 is 5.87. The smallest absolute Gasteiger partial charge is 0.0409 e. The van der Waals surface area contributed by atoms with Gasteiger partial charge in [-0.15, -0.1) is 12.4 Å². The van der Waals surface area contributed by atoms with Crippen molar-refractivity contribution < 1.29 is 0 Å². The van der Waals surface area contributed by atoms with Gasteiger partial charge in [0.05, 0.1) is 0 Å². The highest BCUT2D eigenvalue weighted by Crippen LogP contribution is 2.21. The van der Waals surface area contributed by atoms with E-state index in [1.165, 1.54) is 0 Å². The Morgan fingerprint density at radius 1 is 1.36 bits per heavy atom. The molecule has 1 atom stereocenters. The van der Waals surface area contributed by atoms with Gasteiger partial charge >= 0.3 is 0 Å². The SMILES string of the molecule is CC(C)C[C@H](N)c1cccc(Cl)c1.Cl. The average Bonchev–Trinajstić information content (AvgIpc) is 2.03. The minimum atomic E-state index is 0. The van der Waals surface area contributed by atoms with Crippen LogP contribution in [0, 0.1) is 5.92 Å². The second-order valence-corrected chi connectivity index (χ2v) is 4.23. The van der Waals surface area contributed by atoms with Gasteiger partial charge in [0.25, 0.3) is 0 Å². The van der Waals surface area contributed by atoms with E-state index in [9.17, 15) is 0 Å². The minimum Gasteiger partial charge on any atom is -0.324 e. The van der Waals surface area contributed by atoms with Gasteiger partial charge in [0.2, 0.25) is 0 Å². The maximum absolute atomic E-state index is 6.01. The largest absolute Gasteiger partial charge is 0.324 e. The fourth-order valence-corrected chi connectivity index (χ4v) is 1.58. The summed E-state index contributed by atoms with van der Waals surface area (Å²) in [4.78, 5) is 0. The molecular formula is C11H17Cl2N. The normalized spacial score (nSPS) is 12.4. The maximum atomic E-state index is 6.01. The van der Waals surface area contributed by atoms with E-state index in [1.54, 1.807) is 0 Å². The zero-order chi connectivity index (χ0) is 9.84. The Hall–Kier alpha value is -0.240. The zero-order valence-electron chi connectivity index (χ0n) is 8.53. The highest BCUT2D eigenvalue weighted by molar-refractivity contribution is 6.30. The lowest BCUT2D eigenvalue weighted by Crippen LogP contribution is -2.12. The topological polar surface area (TPSA) is 26.0 Å². The van der Waals surface area contributed by atoms with Crippen molar-refractivity contribution >= 4 is 24.0 Å². The molecule has 1 aromatic carbocycles. The molecule has 1 aromatic rings. The number of nitrogens with two attached hydrogens (primary N) is 1. The van der Waals surface area contributed by atoms with Crippen LogP contribution < -0.4 is 5.73 Å². The number of benzene rings is 1. The first-order chi connectivity index (χ1) is 6.09. The third kappa shape index (κ3) is 4.32. The van der Waals surface area contributed by atoms with Crippen LogP contribution in [0.2, 0.25) is 5.02 Å².